The highest BCUT2D eigenvalue weighted by atomic mass is 16.5. The van der Waals surface area contributed by atoms with Crippen LogP contribution in [0.3, 0.4) is 0 Å². The van der Waals surface area contributed by atoms with Crippen molar-refractivity contribution in [3.8, 4) is 11.3 Å². The molecule has 3 rings (SSSR count). The standard InChI is InChI=1S/C16H17N5O2/c1-23-10-14-8-13(19-20-14)9-17-16(22)12-4-2-11(3-5-12)15-6-7-18-21-15/h2-8H,9-10H2,1H3,(H,17,22)(H,18,21)(H,19,20). The fourth-order valence-corrected chi connectivity index (χ4v) is 2.22. The molecule has 7 nitrogen and oxygen atoms in total. The van der Waals surface area contributed by atoms with Crippen molar-refractivity contribution in [2.24, 2.45) is 0 Å². The van der Waals surface area contributed by atoms with Gasteiger partial charge in [-0.05, 0) is 29.8 Å². The number of nitrogens with zero attached hydrogens (tertiary/aromatic N) is 2. The average molecular weight is 311 g/mol. The molecule has 1 amide bonds. The second-order valence-electron chi connectivity index (χ2n) is 5.05. The van der Waals surface area contributed by atoms with E-state index in [9.17, 15) is 4.79 Å². The predicted molar refractivity (Wildman–Crippen MR) is 84.5 cm³/mol. The number of methoxy groups -OCH3 is 1. The largest absolute Gasteiger partial charge is 0.378 e. The van der Waals surface area contributed by atoms with Gasteiger partial charge in [-0.15, -0.1) is 0 Å². The van der Waals surface area contributed by atoms with Gasteiger partial charge in [0.05, 0.1) is 30.2 Å². The number of amides is 1. The van der Waals surface area contributed by atoms with E-state index in [4.69, 9.17) is 4.74 Å². The van der Waals surface area contributed by atoms with Gasteiger partial charge in [-0.25, -0.2) is 0 Å². The van der Waals surface area contributed by atoms with Gasteiger partial charge in [-0.1, -0.05) is 12.1 Å². The van der Waals surface area contributed by atoms with Crippen LogP contribution in [-0.2, 0) is 17.9 Å². The van der Waals surface area contributed by atoms with Gasteiger partial charge in [0.15, 0.2) is 0 Å². The molecule has 0 aliphatic carbocycles. The van der Waals surface area contributed by atoms with E-state index < -0.39 is 0 Å². The number of rotatable bonds is 6. The minimum atomic E-state index is -0.135. The maximum atomic E-state index is 12.2. The maximum absolute atomic E-state index is 12.2. The van der Waals surface area contributed by atoms with Crippen LogP contribution in [0.5, 0.6) is 0 Å². The first-order chi connectivity index (χ1) is 11.3. The van der Waals surface area contributed by atoms with Crippen LogP contribution in [0.2, 0.25) is 0 Å². The summed E-state index contributed by atoms with van der Waals surface area (Å²) in [5.74, 6) is -0.135. The summed E-state index contributed by atoms with van der Waals surface area (Å²) in [5, 5.41) is 16.6. The molecule has 118 valence electrons. The molecule has 2 aromatic heterocycles. The summed E-state index contributed by atoms with van der Waals surface area (Å²) in [6, 6.07) is 11.1. The van der Waals surface area contributed by atoms with E-state index in [1.807, 2.05) is 24.3 Å². The lowest BCUT2D eigenvalue weighted by atomic mass is 10.1. The zero-order valence-electron chi connectivity index (χ0n) is 12.7. The molecule has 0 bridgehead atoms. The van der Waals surface area contributed by atoms with E-state index in [1.54, 1.807) is 25.4 Å². The van der Waals surface area contributed by atoms with E-state index in [-0.39, 0.29) is 5.91 Å². The van der Waals surface area contributed by atoms with Crippen LogP contribution in [0.25, 0.3) is 11.3 Å². The monoisotopic (exact) mass is 311 g/mol. The molecule has 0 saturated heterocycles. The van der Waals surface area contributed by atoms with Gasteiger partial charge in [-0.3, -0.25) is 15.0 Å². The van der Waals surface area contributed by atoms with E-state index in [0.29, 0.717) is 18.7 Å². The van der Waals surface area contributed by atoms with Crippen molar-refractivity contribution in [1.29, 1.82) is 0 Å². The molecular weight excluding hydrogens is 294 g/mol. The van der Waals surface area contributed by atoms with Crippen LogP contribution in [-0.4, -0.2) is 33.4 Å². The summed E-state index contributed by atoms with van der Waals surface area (Å²) in [4.78, 5) is 12.2. The zero-order chi connectivity index (χ0) is 16.1. The number of hydrogen-bond donors (Lipinski definition) is 3. The lowest BCUT2D eigenvalue weighted by Crippen LogP contribution is -2.22. The third-order valence-corrected chi connectivity index (χ3v) is 3.37. The number of hydrogen-bond acceptors (Lipinski definition) is 4. The van der Waals surface area contributed by atoms with Crippen molar-refractivity contribution in [3.63, 3.8) is 0 Å². The number of aromatic amines is 2. The molecular formula is C16H17N5O2. The predicted octanol–water partition coefficient (Wildman–Crippen LogP) is 1.88. The number of aromatic nitrogens is 4. The molecule has 0 aliphatic heterocycles. The molecule has 1 aromatic carbocycles. The molecule has 0 atom stereocenters. The summed E-state index contributed by atoms with van der Waals surface area (Å²) in [6.07, 6.45) is 1.69. The van der Waals surface area contributed by atoms with Crippen LogP contribution in [0.1, 0.15) is 21.7 Å². The number of benzene rings is 1. The fraction of sp³-hybridized carbons (Fsp3) is 0.188. The van der Waals surface area contributed by atoms with Gasteiger partial charge >= 0.3 is 0 Å². The SMILES string of the molecule is COCc1cc(CNC(=O)c2ccc(-c3ccn[nH]3)cc2)[nH]n1. The van der Waals surface area contributed by atoms with Crippen molar-refractivity contribution in [1.82, 2.24) is 25.7 Å². The van der Waals surface area contributed by atoms with Crippen molar-refractivity contribution in [3.05, 3.63) is 59.5 Å². The Labute approximate surface area is 133 Å². The number of ether oxygens (including phenoxy) is 1. The molecule has 7 heteroatoms. The minimum absolute atomic E-state index is 0.135. The lowest BCUT2D eigenvalue weighted by molar-refractivity contribution is 0.0950. The summed E-state index contributed by atoms with van der Waals surface area (Å²) in [6.45, 7) is 0.831. The molecule has 0 fully saturated rings. The lowest BCUT2D eigenvalue weighted by Gasteiger charge is -2.04. The molecule has 3 aromatic rings. The van der Waals surface area contributed by atoms with Crippen LogP contribution in [0.15, 0.2) is 42.6 Å². The summed E-state index contributed by atoms with van der Waals surface area (Å²) in [7, 11) is 1.61. The van der Waals surface area contributed by atoms with Gasteiger partial charge in [-0.2, -0.15) is 10.2 Å². The summed E-state index contributed by atoms with van der Waals surface area (Å²) >= 11 is 0. The number of H-pyrrole nitrogens is 2. The quantitative estimate of drug-likeness (QED) is 0.647. The van der Waals surface area contributed by atoms with Crippen LogP contribution < -0.4 is 5.32 Å². The van der Waals surface area contributed by atoms with Crippen LogP contribution in [0.4, 0.5) is 0 Å². The van der Waals surface area contributed by atoms with Gasteiger partial charge in [0, 0.05) is 18.9 Å². The Hall–Kier alpha value is -2.93. The summed E-state index contributed by atoms with van der Waals surface area (Å²) in [5.41, 5.74) is 4.14. The zero-order valence-corrected chi connectivity index (χ0v) is 12.7. The minimum Gasteiger partial charge on any atom is -0.378 e. The van der Waals surface area contributed by atoms with E-state index in [2.05, 4.69) is 25.7 Å². The molecule has 3 N–H and O–H groups in total. The highest BCUT2D eigenvalue weighted by Crippen LogP contribution is 2.16. The maximum Gasteiger partial charge on any atom is 0.251 e. The molecule has 23 heavy (non-hydrogen) atoms. The van der Waals surface area contributed by atoms with Crippen molar-refractivity contribution < 1.29 is 9.53 Å². The summed E-state index contributed by atoms with van der Waals surface area (Å²) < 4.78 is 5.00. The third-order valence-electron chi connectivity index (χ3n) is 3.37. The second kappa shape index (κ2) is 6.89. The van der Waals surface area contributed by atoms with Gasteiger partial charge in [0.2, 0.25) is 0 Å². The number of carbonyl (C=O) groups excluding carboxylic acids is 1. The Morgan fingerprint density at radius 2 is 2.04 bits per heavy atom. The van der Waals surface area contributed by atoms with E-state index in [0.717, 1.165) is 22.6 Å². The topological polar surface area (TPSA) is 95.7 Å². The Morgan fingerprint density at radius 1 is 1.22 bits per heavy atom. The Bertz CT molecular complexity index is 762. The van der Waals surface area contributed by atoms with Gasteiger partial charge < -0.3 is 10.1 Å². The van der Waals surface area contributed by atoms with E-state index >= 15 is 0 Å². The smallest absolute Gasteiger partial charge is 0.251 e. The average Bonchev–Trinajstić information content (AvgIpc) is 3.25. The molecule has 0 spiro atoms. The number of nitrogens with one attached hydrogen (secondary N) is 3. The first kappa shape index (κ1) is 15.0. The van der Waals surface area contributed by atoms with Gasteiger partial charge in [0.1, 0.15) is 0 Å². The Morgan fingerprint density at radius 3 is 2.74 bits per heavy atom. The van der Waals surface area contributed by atoms with Crippen molar-refractivity contribution in [2.75, 3.05) is 7.11 Å². The molecule has 0 aliphatic rings. The normalized spacial score (nSPS) is 10.7. The third kappa shape index (κ3) is 3.64. The Kier molecular flexibility index (Phi) is 4.49. The highest BCUT2D eigenvalue weighted by Gasteiger charge is 2.07. The second-order valence-corrected chi connectivity index (χ2v) is 5.05. The molecule has 0 saturated carbocycles. The van der Waals surface area contributed by atoms with Crippen molar-refractivity contribution in [2.45, 2.75) is 13.2 Å². The molecule has 0 radical (unpaired) electrons. The molecule has 0 unspecified atom stereocenters. The Balaban J connectivity index is 1.59. The first-order valence-electron chi connectivity index (χ1n) is 7.16. The molecule has 2 heterocycles. The van der Waals surface area contributed by atoms with Crippen LogP contribution in [0, 0.1) is 0 Å². The van der Waals surface area contributed by atoms with Crippen LogP contribution >= 0.6 is 0 Å². The number of carbonyl (C=O) groups is 1. The highest BCUT2D eigenvalue weighted by molar-refractivity contribution is 5.94. The first-order valence-corrected chi connectivity index (χ1v) is 7.16. The fourth-order valence-electron chi connectivity index (χ4n) is 2.22. The van der Waals surface area contributed by atoms with Gasteiger partial charge in [0.25, 0.3) is 5.91 Å². The van der Waals surface area contributed by atoms with E-state index in [1.165, 1.54) is 0 Å². The van der Waals surface area contributed by atoms with Crippen molar-refractivity contribution >= 4 is 5.91 Å².